The maximum atomic E-state index is 12.8. The molecule has 3 aliphatic rings. The van der Waals surface area contributed by atoms with E-state index in [4.69, 9.17) is 18.9 Å². The lowest BCUT2D eigenvalue weighted by Gasteiger charge is -2.39. The van der Waals surface area contributed by atoms with Crippen molar-refractivity contribution in [1.82, 2.24) is 9.80 Å². The van der Waals surface area contributed by atoms with Gasteiger partial charge in [-0.2, -0.15) is 13.2 Å². The Kier molecular flexibility index (Phi) is 6.05. The highest BCUT2D eigenvalue weighted by molar-refractivity contribution is 5.71. The summed E-state index contributed by atoms with van der Waals surface area (Å²) >= 11 is 0. The molecule has 3 aliphatic heterocycles. The topological polar surface area (TPSA) is 86.8 Å². The molecule has 0 aromatic heterocycles. The Bertz CT molecular complexity index is 1060. The first-order valence-electron chi connectivity index (χ1n) is 10.8. The monoisotopic (exact) mass is 494 g/mol. The van der Waals surface area contributed by atoms with E-state index in [9.17, 15) is 22.8 Å². The van der Waals surface area contributed by atoms with Crippen molar-refractivity contribution < 1.29 is 46.4 Å². The number of fused-ring (bicyclic) bond motifs is 2. The van der Waals surface area contributed by atoms with Crippen molar-refractivity contribution >= 4 is 12.4 Å². The highest BCUT2D eigenvalue weighted by Gasteiger charge is 2.44. The number of piperazine rings is 1. The Morgan fingerprint density at radius 3 is 1.86 bits per heavy atom. The summed E-state index contributed by atoms with van der Waals surface area (Å²) in [5, 5.41) is 0. The fraction of sp³-hybridized carbons (Fsp3) is 0.391. The summed E-state index contributed by atoms with van der Waals surface area (Å²) in [7, 11) is 0. The zero-order valence-corrected chi connectivity index (χ0v) is 18.3. The predicted molar refractivity (Wildman–Crippen MR) is 113 cm³/mol. The van der Waals surface area contributed by atoms with E-state index in [1.807, 2.05) is 36.4 Å². The number of nitrogens with zero attached hydrogens (tertiary/aromatic N) is 2. The van der Waals surface area contributed by atoms with E-state index >= 15 is 0 Å². The maximum absolute atomic E-state index is 12.8. The first kappa shape index (κ1) is 23.1. The molecule has 2 aromatic carbocycles. The molecule has 35 heavy (non-hydrogen) atoms. The minimum absolute atomic E-state index is 0.119. The summed E-state index contributed by atoms with van der Waals surface area (Å²) in [6.45, 7) is 1.20. The Hall–Kier alpha value is -3.67. The molecule has 0 bridgehead atoms. The standard InChI is InChI=1S/C23H21F3N2O7/c24-23(25,26)20(11-29)35-22(30)28-7-5-27(6-8-28)21(14-1-3-16-18(9-14)33-12-31-16)15-2-4-17-19(10-15)34-13-32-17/h1-4,9-11,20-21H,5-8,12-13H2. The number of halogens is 3. The molecule has 1 fully saturated rings. The van der Waals surface area contributed by atoms with E-state index in [1.165, 1.54) is 0 Å². The van der Waals surface area contributed by atoms with Gasteiger partial charge in [0.15, 0.2) is 29.3 Å². The number of alkyl halides is 3. The summed E-state index contributed by atoms with van der Waals surface area (Å²) in [4.78, 5) is 26.2. The highest BCUT2D eigenvalue weighted by Crippen LogP contribution is 2.41. The molecule has 2 aromatic rings. The van der Waals surface area contributed by atoms with Crippen molar-refractivity contribution in [2.75, 3.05) is 39.8 Å². The van der Waals surface area contributed by atoms with Crippen LogP contribution in [0.5, 0.6) is 23.0 Å². The largest absolute Gasteiger partial charge is 0.454 e. The van der Waals surface area contributed by atoms with Crippen molar-refractivity contribution in [2.45, 2.75) is 18.3 Å². The number of amides is 1. The van der Waals surface area contributed by atoms with Gasteiger partial charge in [-0.3, -0.25) is 9.69 Å². The molecule has 1 amide bonds. The van der Waals surface area contributed by atoms with Gasteiger partial charge in [0.1, 0.15) is 0 Å². The van der Waals surface area contributed by atoms with Crippen LogP contribution < -0.4 is 18.9 Å². The number of carbonyl (C=O) groups excluding carboxylic acids is 2. The fourth-order valence-corrected chi connectivity index (χ4v) is 4.30. The first-order valence-corrected chi connectivity index (χ1v) is 10.8. The summed E-state index contributed by atoms with van der Waals surface area (Å²) in [6.07, 6.45) is -9.35. The zero-order chi connectivity index (χ0) is 24.6. The Labute approximate surface area is 197 Å². The third kappa shape index (κ3) is 4.65. The highest BCUT2D eigenvalue weighted by atomic mass is 19.4. The Morgan fingerprint density at radius 1 is 0.857 bits per heavy atom. The van der Waals surface area contributed by atoms with Gasteiger partial charge in [0.25, 0.3) is 6.10 Å². The van der Waals surface area contributed by atoms with Gasteiger partial charge < -0.3 is 28.6 Å². The quantitative estimate of drug-likeness (QED) is 0.587. The van der Waals surface area contributed by atoms with Crippen LogP contribution in [0.3, 0.4) is 0 Å². The van der Waals surface area contributed by atoms with Gasteiger partial charge >= 0.3 is 12.3 Å². The number of benzene rings is 2. The molecule has 0 saturated carbocycles. The van der Waals surface area contributed by atoms with Gasteiger partial charge in [-0.05, 0) is 35.4 Å². The summed E-state index contributed by atoms with van der Waals surface area (Å²) in [6, 6.07) is 11.0. The van der Waals surface area contributed by atoms with Crippen molar-refractivity contribution in [2.24, 2.45) is 0 Å². The predicted octanol–water partition coefficient (Wildman–Crippen LogP) is 3.12. The van der Waals surface area contributed by atoms with E-state index in [2.05, 4.69) is 9.64 Å². The number of hydrogen-bond donors (Lipinski definition) is 0. The first-order chi connectivity index (χ1) is 16.8. The molecule has 5 rings (SSSR count). The second kappa shape index (κ2) is 9.17. The number of rotatable bonds is 5. The van der Waals surface area contributed by atoms with Crippen LogP contribution in [0.15, 0.2) is 36.4 Å². The molecule has 9 nitrogen and oxygen atoms in total. The van der Waals surface area contributed by atoms with E-state index in [0.29, 0.717) is 36.1 Å². The number of ether oxygens (including phenoxy) is 5. The van der Waals surface area contributed by atoms with Crippen LogP contribution in [0.2, 0.25) is 0 Å². The second-order valence-electron chi connectivity index (χ2n) is 8.13. The van der Waals surface area contributed by atoms with Crippen LogP contribution in [-0.2, 0) is 9.53 Å². The zero-order valence-electron chi connectivity index (χ0n) is 18.3. The average Bonchev–Trinajstić information content (AvgIpc) is 3.51. The van der Waals surface area contributed by atoms with Crippen molar-refractivity contribution in [3.05, 3.63) is 47.5 Å². The molecule has 0 radical (unpaired) electrons. The van der Waals surface area contributed by atoms with Gasteiger partial charge in [-0.15, -0.1) is 0 Å². The Balaban J connectivity index is 1.36. The number of hydrogen-bond acceptors (Lipinski definition) is 8. The fourth-order valence-electron chi connectivity index (χ4n) is 4.30. The van der Waals surface area contributed by atoms with Crippen LogP contribution in [0.1, 0.15) is 17.2 Å². The minimum Gasteiger partial charge on any atom is -0.454 e. The molecule has 0 N–H and O–H groups in total. The smallest absolute Gasteiger partial charge is 0.432 e. The van der Waals surface area contributed by atoms with Gasteiger partial charge in [-0.25, -0.2) is 4.79 Å². The number of aldehydes is 1. The molecule has 1 atom stereocenters. The molecule has 0 spiro atoms. The molecular weight excluding hydrogens is 473 g/mol. The molecule has 3 heterocycles. The van der Waals surface area contributed by atoms with Gasteiger partial charge in [-0.1, -0.05) is 12.1 Å². The lowest BCUT2D eigenvalue weighted by molar-refractivity contribution is -0.199. The molecule has 0 aliphatic carbocycles. The van der Waals surface area contributed by atoms with Gasteiger partial charge in [0.2, 0.25) is 13.6 Å². The number of carbonyl (C=O) groups is 2. The Morgan fingerprint density at radius 2 is 1.37 bits per heavy atom. The summed E-state index contributed by atoms with van der Waals surface area (Å²) < 4.78 is 64.7. The average molecular weight is 494 g/mol. The van der Waals surface area contributed by atoms with Crippen LogP contribution >= 0.6 is 0 Å². The summed E-state index contributed by atoms with van der Waals surface area (Å²) in [5.74, 6) is 2.50. The lowest BCUT2D eigenvalue weighted by Crippen LogP contribution is -2.51. The van der Waals surface area contributed by atoms with Crippen molar-refractivity contribution in [1.29, 1.82) is 0 Å². The van der Waals surface area contributed by atoms with E-state index in [0.717, 1.165) is 16.0 Å². The third-order valence-corrected chi connectivity index (χ3v) is 6.04. The van der Waals surface area contributed by atoms with Crippen LogP contribution in [0.4, 0.5) is 18.0 Å². The molecule has 12 heteroatoms. The molecular formula is C23H21F3N2O7. The molecule has 1 unspecified atom stereocenters. The van der Waals surface area contributed by atoms with Crippen LogP contribution in [-0.4, -0.2) is 74.2 Å². The van der Waals surface area contributed by atoms with Crippen LogP contribution in [0.25, 0.3) is 0 Å². The molecule has 186 valence electrons. The third-order valence-electron chi connectivity index (χ3n) is 6.04. The SMILES string of the molecule is O=CC(OC(=O)N1CCN(C(c2ccc3c(c2)OCO3)c2ccc3c(c2)OCO3)CC1)C(F)(F)F. The lowest BCUT2D eigenvalue weighted by atomic mass is 9.95. The van der Waals surface area contributed by atoms with Gasteiger partial charge in [0, 0.05) is 26.2 Å². The van der Waals surface area contributed by atoms with Crippen molar-refractivity contribution in [3.63, 3.8) is 0 Å². The minimum atomic E-state index is -4.96. The summed E-state index contributed by atoms with van der Waals surface area (Å²) in [5.41, 5.74) is 1.81. The normalized spacial score (nSPS) is 18.0. The maximum Gasteiger partial charge on any atom is 0.432 e. The van der Waals surface area contributed by atoms with Crippen molar-refractivity contribution in [3.8, 4) is 23.0 Å². The second-order valence-corrected chi connectivity index (χ2v) is 8.13. The van der Waals surface area contributed by atoms with E-state index < -0.39 is 24.7 Å². The van der Waals surface area contributed by atoms with E-state index in [1.54, 1.807) is 0 Å². The van der Waals surface area contributed by atoms with Crippen LogP contribution in [0, 0.1) is 0 Å². The van der Waals surface area contributed by atoms with Gasteiger partial charge in [0.05, 0.1) is 6.04 Å². The molecule has 1 saturated heterocycles. The van der Waals surface area contributed by atoms with E-state index in [-0.39, 0.29) is 32.7 Å².